The lowest BCUT2D eigenvalue weighted by Crippen LogP contribution is -2.50. The normalized spacial score (nSPS) is 15.9. The molecule has 1 N–H and O–H groups in total. The Morgan fingerprint density at radius 3 is 2.40 bits per heavy atom. The maximum atomic E-state index is 12.2. The minimum Gasteiger partial charge on any atom is -0.444 e. The first kappa shape index (κ1) is 19.3. The van der Waals surface area contributed by atoms with Crippen LogP contribution in [0.15, 0.2) is 18.3 Å². The molecule has 1 amide bonds. The highest BCUT2D eigenvalue weighted by Gasteiger charge is 2.27. The van der Waals surface area contributed by atoms with Crippen molar-refractivity contribution in [3.63, 3.8) is 0 Å². The van der Waals surface area contributed by atoms with Crippen LogP contribution in [0, 0.1) is 0 Å². The van der Waals surface area contributed by atoms with Gasteiger partial charge in [-0.05, 0) is 53.2 Å². The van der Waals surface area contributed by atoms with Gasteiger partial charge in [-0.1, -0.05) is 6.92 Å². The molecule has 2 rings (SSSR count). The number of piperazine rings is 1. The number of carbonyl (C=O) groups is 1. The molecule has 25 heavy (non-hydrogen) atoms. The van der Waals surface area contributed by atoms with E-state index in [1.54, 1.807) is 4.90 Å². The van der Waals surface area contributed by atoms with Crippen molar-refractivity contribution >= 4 is 17.6 Å². The summed E-state index contributed by atoms with van der Waals surface area (Å²) in [5.41, 5.74) is 0.591. The molecule has 2 heterocycles. The Bertz CT molecular complexity index is 587. The Kier molecular flexibility index (Phi) is 5.80. The standard InChI is InChI=1S/C19H32N4O2/c1-7-19(5,6)21-15-9-8-10-20-16(15)22-11-13-23(14-12-22)17(24)25-18(2,3)4/h8-10,21H,7,11-14H2,1-6H3. The minimum absolute atomic E-state index is 0.0100. The second-order valence-electron chi connectivity index (χ2n) is 8.19. The SMILES string of the molecule is CCC(C)(C)Nc1cccnc1N1CCN(C(=O)OC(C)(C)C)CC1. The highest BCUT2D eigenvalue weighted by Crippen LogP contribution is 2.28. The summed E-state index contributed by atoms with van der Waals surface area (Å²) in [4.78, 5) is 20.8. The van der Waals surface area contributed by atoms with E-state index in [1.807, 2.05) is 33.0 Å². The van der Waals surface area contributed by atoms with Crippen LogP contribution in [0.4, 0.5) is 16.3 Å². The van der Waals surface area contributed by atoms with Crippen molar-refractivity contribution in [2.24, 2.45) is 0 Å². The fourth-order valence-corrected chi connectivity index (χ4v) is 2.63. The summed E-state index contributed by atoms with van der Waals surface area (Å²) in [6.07, 6.45) is 2.60. The fraction of sp³-hybridized carbons (Fsp3) is 0.684. The van der Waals surface area contributed by atoms with Crippen LogP contribution in [-0.2, 0) is 4.74 Å². The molecule has 140 valence electrons. The van der Waals surface area contributed by atoms with E-state index < -0.39 is 5.60 Å². The van der Waals surface area contributed by atoms with E-state index in [4.69, 9.17) is 4.74 Å². The highest BCUT2D eigenvalue weighted by atomic mass is 16.6. The minimum atomic E-state index is -0.460. The second kappa shape index (κ2) is 7.50. The van der Waals surface area contributed by atoms with Gasteiger partial charge in [0.1, 0.15) is 5.60 Å². The number of aromatic nitrogens is 1. The quantitative estimate of drug-likeness (QED) is 0.898. The first-order valence-corrected chi connectivity index (χ1v) is 9.07. The lowest BCUT2D eigenvalue weighted by Gasteiger charge is -2.37. The largest absolute Gasteiger partial charge is 0.444 e. The summed E-state index contributed by atoms with van der Waals surface area (Å²) in [6, 6.07) is 4.02. The van der Waals surface area contributed by atoms with E-state index in [-0.39, 0.29) is 11.6 Å². The number of ether oxygens (including phenoxy) is 1. The highest BCUT2D eigenvalue weighted by molar-refractivity contribution is 5.70. The Labute approximate surface area is 151 Å². The Balaban J connectivity index is 2.03. The van der Waals surface area contributed by atoms with Gasteiger partial charge in [-0.25, -0.2) is 9.78 Å². The van der Waals surface area contributed by atoms with Crippen LogP contribution in [0.3, 0.4) is 0 Å². The smallest absolute Gasteiger partial charge is 0.410 e. The monoisotopic (exact) mass is 348 g/mol. The Morgan fingerprint density at radius 2 is 1.84 bits per heavy atom. The molecule has 6 heteroatoms. The number of hydrogen-bond acceptors (Lipinski definition) is 5. The van der Waals surface area contributed by atoms with Crippen molar-refractivity contribution in [1.29, 1.82) is 0 Å². The van der Waals surface area contributed by atoms with Crippen LogP contribution >= 0.6 is 0 Å². The molecule has 1 aromatic rings. The number of hydrogen-bond donors (Lipinski definition) is 1. The summed E-state index contributed by atoms with van der Waals surface area (Å²) >= 11 is 0. The van der Waals surface area contributed by atoms with Crippen molar-refractivity contribution in [3.05, 3.63) is 18.3 Å². The number of nitrogens with one attached hydrogen (secondary N) is 1. The molecule has 6 nitrogen and oxygen atoms in total. The third-order valence-electron chi connectivity index (χ3n) is 4.37. The average Bonchev–Trinajstić information content (AvgIpc) is 2.54. The molecule has 0 radical (unpaired) electrons. The van der Waals surface area contributed by atoms with Crippen molar-refractivity contribution in [3.8, 4) is 0 Å². The zero-order valence-corrected chi connectivity index (χ0v) is 16.4. The molecule has 1 aliphatic rings. The topological polar surface area (TPSA) is 57.7 Å². The van der Waals surface area contributed by atoms with Gasteiger partial charge < -0.3 is 19.9 Å². The van der Waals surface area contributed by atoms with Gasteiger partial charge in [-0.2, -0.15) is 0 Å². The molecule has 0 bridgehead atoms. The summed E-state index contributed by atoms with van der Waals surface area (Å²) in [7, 11) is 0. The molecule has 1 aliphatic heterocycles. The maximum absolute atomic E-state index is 12.2. The maximum Gasteiger partial charge on any atom is 0.410 e. The molecule has 0 aliphatic carbocycles. The van der Waals surface area contributed by atoms with E-state index in [1.165, 1.54) is 0 Å². The van der Waals surface area contributed by atoms with E-state index in [0.29, 0.717) is 13.1 Å². The zero-order chi connectivity index (χ0) is 18.7. The Hall–Kier alpha value is -1.98. The molecule has 1 saturated heterocycles. The molecular weight excluding hydrogens is 316 g/mol. The first-order chi connectivity index (χ1) is 11.6. The summed E-state index contributed by atoms with van der Waals surface area (Å²) in [5.74, 6) is 0.952. The molecule has 1 aromatic heterocycles. The number of carbonyl (C=O) groups excluding carboxylic acids is 1. The zero-order valence-electron chi connectivity index (χ0n) is 16.4. The summed E-state index contributed by atoms with van der Waals surface area (Å²) < 4.78 is 5.46. The van der Waals surface area contributed by atoms with Crippen LogP contribution in [0.1, 0.15) is 48.0 Å². The number of nitrogens with zero attached hydrogens (tertiary/aromatic N) is 3. The fourth-order valence-electron chi connectivity index (χ4n) is 2.63. The van der Waals surface area contributed by atoms with Gasteiger partial charge in [0, 0.05) is 37.9 Å². The lowest BCUT2D eigenvalue weighted by atomic mass is 10.0. The molecule has 0 atom stereocenters. The van der Waals surface area contributed by atoms with Gasteiger partial charge in [0.25, 0.3) is 0 Å². The summed E-state index contributed by atoms with van der Waals surface area (Å²) in [5, 5.41) is 3.59. The second-order valence-corrected chi connectivity index (χ2v) is 8.19. The van der Waals surface area contributed by atoms with Gasteiger partial charge in [0.05, 0.1) is 5.69 Å². The number of amides is 1. The molecular formula is C19H32N4O2. The van der Waals surface area contributed by atoms with Crippen LogP contribution in [0.25, 0.3) is 0 Å². The number of anilines is 2. The number of rotatable bonds is 4. The number of pyridine rings is 1. The van der Waals surface area contributed by atoms with Gasteiger partial charge >= 0.3 is 6.09 Å². The van der Waals surface area contributed by atoms with Crippen molar-refractivity contribution in [2.45, 2.75) is 59.1 Å². The van der Waals surface area contributed by atoms with Gasteiger partial charge in [0.15, 0.2) is 5.82 Å². The molecule has 0 aromatic carbocycles. The predicted molar refractivity (Wildman–Crippen MR) is 102 cm³/mol. The van der Waals surface area contributed by atoms with E-state index in [2.05, 4.69) is 42.0 Å². The third kappa shape index (κ3) is 5.51. The van der Waals surface area contributed by atoms with Crippen molar-refractivity contribution < 1.29 is 9.53 Å². The van der Waals surface area contributed by atoms with Crippen LogP contribution in [0.5, 0.6) is 0 Å². The van der Waals surface area contributed by atoms with Gasteiger partial charge in [0.2, 0.25) is 0 Å². The predicted octanol–water partition coefficient (Wildman–Crippen LogP) is 3.74. The van der Waals surface area contributed by atoms with Crippen LogP contribution in [-0.4, -0.2) is 53.3 Å². The van der Waals surface area contributed by atoms with E-state index in [9.17, 15) is 4.79 Å². The molecule has 0 saturated carbocycles. The Morgan fingerprint density at radius 1 is 1.20 bits per heavy atom. The molecule has 1 fully saturated rings. The van der Waals surface area contributed by atoms with Crippen molar-refractivity contribution in [1.82, 2.24) is 9.88 Å². The third-order valence-corrected chi connectivity index (χ3v) is 4.37. The average molecular weight is 348 g/mol. The van der Waals surface area contributed by atoms with Crippen molar-refractivity contribution in [2.75, 3.05) is 36.4 Å². The van der Waals surface area contributed by atoms with Gasteiger partial charge in [-0.15, -0.1) is 0 Å². The van der Waals surface area contributed by atoms with Crippen LogP contribution in [0.2, 0.25) is 0 Å². The lowest BCUT2D eigenvalue weighted by molar-refractivity contribution is 0.0240. The first-order valence-electron chi connectivity index (χ1n) is 9.07. The molecule has 0 unspecified atom stereocenters. The van der Waals surface area contributed by atoms with Crippen LogP contribution < -0.4 is 10.2 Å². The van der Waals surface area contributed by atoms with E-state index >= 15 is 0 Å². The van der Waals surface area contributed by atoms with Gasteiger partial charge in [-0.3, -0.25) is 0 Å². The van der Waals surface area contributed by atoms with E-state index in [0.717, 1.165) is 31.0 Å². The molecule has 0 spiro atoms. The summed E-state index contributed by atoms with van der Waals surface area (Å²) in [6.45, 7) is 15.0.